The lowest BCUT2D eigenvalue weighted by Gasteiger charge is -2.07. The summed E-state index contributed by atoms with van der Waals surface area (Å²) in [6.07, 6.45) is 0. The molecule has 2 aliphatic heterocycles. The number of allylic oxidation sites excluding steroid dienone is 1. The van der Waals surface area contributed by atoms with Crippen LogP contribution < -0.4 is 22.0 Å². The van der Waals surface area contributed by atoms with E-state index in [1.165, 1.54) is 5.56 Å². The molecule has 0 saturated carbocycles. The molecule has 2 aliphatic rings. The van der Waals surface area contributed by atoms with Crippen molar-refractivity contribution in [1.82, 2.24) is 0 Å². The molecule has 3 aromatic carbocycles. The molecule has 1 N–H and O–H groups in total. The Balaban J connectivity index is 0.00000180. The van der Waals surface area contributed by atoms with Crippen LogP contribution in [-0.4, -0.2) is 5.71 Å². The van der Waals surface area contributed by atoms with Crippen LogP contribution in [0.15, 0.2) is 95.4 Å². The topological polar surface area (TPSA) is 23.2 Å². The normalized spacial score (nSPS) is 17.5. The molecule has 5 rings (SSSR count). The quantitative estimate of drug-likeness (QED) is 0.658. The number of rotatable bonds is 2. The van der Waals surface area contributed by atoms with Crippen LogP contribution in [0.25, 0.3) is 11.3 Å². The number of hydrogen-bond donors (Lipinski definition) is 1. The van der Waals surface area contributed by atoms with E-state index in [2.05, 4.69) is 71.1 Å². The highest BCUT2D eigenvalue weighted by Crippen LogP contribution is 2.43. The van der Waals surface area contributed by atoms with Crippen molar-refractivity contribution in [2.45, 2.75) is 0 Å². The first-order valence-electron chi connectivity index (χ1n) is 8.54. The number of nitrogens with one attached hydrogen (secondary N) is 1. The van der Waals surface area contributed by atoms with Crippen molar-refractivity contribution in [3.8, 4) is 0 Å². The van der Waals surface area contributed by atoms with Crippen molar-refractivity contribution in [1.29, 1.82) is 0 Å². The number of halogens is 1. The standard InChI is InChI=1S/C23H15NOS.BrH/c1-3-9-16(10-4-1)20-15-26-23(25-20)21-18-13-7-8-14-19(18)24-22(21)17-11-5-2-6-12-17;/h1-15H;1H/b23-21+;. The van der Waals surface area contributed by atoms with E-state index < -0.39 is 0 Å². The van der Waals surface area contributed by atoms with Gasteiger partial charge in [-0.05, 0) is 18.2 Å². The average Bonchev–Trinajstić information content (AvgIpc) is 3.34. The highest BCUT2D eigenvalue weighted by Gasteiger charge is 2.34. The van der Waals surface area contributed by atoms with E-state index in [1.54, 1.807) is 11.8 Å². The molecule has 0 radical (unpaired) electrons. The van der Waals surface area contributed by atoms with Crippen LogP contribution in [0.3, 0.4) is 0 Å². The molecular formula is C23H16BrNOS. The predicted molar refractivity (Wildman–Crippen MR) is 108 cm³/mol. The zero-order valence-corrected chi connectivity index (χ0v) is 16.8. The number of para-hydroxylation sites is 1. The second-order valence-corrected chi connectivity index (χ2v) is 6.98. The fourth-order valence-corrected chi connectivity index (χ4v) is 4.14. The summed E-state index contributed by atoms with van der Waals surface area (Å²) in [4.78, 5) is 3.57. The summed E-state index contributed by atoms with van der Waals surface area (Å²) in [5.41, 5.74) is 6.76. The summed E-state index contributed by atoms with van der Waals surface area (Å²) in [5, 5.41) is 3.00. The highest BCUT2D eigenvalue weighted by molar-refractivity contribution is 8.06. The third-order valence-corrected chi connectivity index (χ3v) is 5.34. The van der Waals surface area contributed by atoms with Crippen molar-refractivity contribution < 1.29 is 26.7 Å². The van der Waals surface area contributed by atoms with Crippen LogP contribution in [-0.2, 0) is 4.74 Å². The van der Waals surface area contributed by atoms with E-state index in [0.29, 0.717) is 0 Å². The van der Waals surface area contributed by atoms with Crippen LogP contribution >= 0.6 is 11.8 Å². The van der Waals surface area contributed by atoms with Crippen LogP contribution in [0, 0.1) is 0 Å². The van der Waals surface area contributed by atoms with Gasteiger partial charge in [0, 0.05) is 22.6 Å². The maximum atomic E-state index is 6.28. The van der Waals surface area contributed by atoms with Gasteiger partial charge in [-0.2, -0.15) is 0 Å². The van der Waals surface area contributed by atoms with Crippen molar-refractivity contribution >= 4 is 34.5 Å². The second-order valence-electron chi connectivity index (χ2n) is 6.14. The minimum absolute atomic E-state index is 0. The smallest absolute Gasteiger partial charge is 0.223 e. The number of benzene rings is 3. The molecule has 4 heteroatoms. The van der Waals surface area contributed by atoms with Crippen LogP contribution in [0.2, 0.25) is 0 Å². The van der Waals surface area contributed by atoms with Crippen molar-refractivity contribution in [3.63, 3.8) is 0 Å². The average molecular weight is 434 g/mol. The van der Waals surface area contributed by atoms with E-state index >= 15 is 0 Å². The van der Waals surface area contributed by atoms with Gasteiger partial charge in [-0.15, -0.1) is 0 Å². The maximum Gasteiger partial charge on any atom is 0.223 e. The molecule has 0 aromatic heterocycles. The molecule has 0 bridgehead atoms. The largest absolute Gasteiger partial charge is 1.00 e. The number of ether oxygens (including phenoxy) is 1. The first-order valence-corrected chi connectivity index (χ1v) is 9.42. The van der Waals surface area contributed by atoms with Crippen LogP contribution in [0.4, 0.5) is 5.69 Å². The number of thioether (sulfide) groups is 1. The van der Waals surface area contributed by atoms with Gasteiger partial charge in [0.2, 0.25) is 11.4 Å². The lowest BCUT2D eigenvalue weighted by molar-refractivity contribution is -0.348. The van der Waals surface area contributed by atoms with E-state index in [9.17, 15) is 0 Å². The van der Waals surface area contributed by atoms with Crippen LogP contribution in [0.5, 0.6) is 0 Å². The molecule has 0 saturated heterocycles. The Kier molecular flexibility index (Phi) is 5.01. The van der Waals surface area contributed by atoms with Gasteiger partial charge in [0.15, 0.2) is 5.09 Å². The third-order valence-electron chi connectivity index (χ3n) is 4.51. The zero-order chi connectivity index (χ0) is 17.3. The molecule has 0 unspecified atom stereocenters. The Morgan fingerprint density at radius 1 is 0.704 bits per heavy atom. The maximum absolute atomic E-state index is 6.28. The number of fused-ring (bicyclic) bond motifs is 1. The minimum atomic E-state index is 0. The Morgan fingerprint density at radius 3 is 2.07 bits per heavy atom. The van der Waals surface area contributed by atoms with E-state index in [-0.39, 0.29) is 17.0 Å². The van der Waals surface area contributed by atoms with Gasteiger partial charge in [0.05, 0.1) is 5.56 Å². The Hall–Kier alpha value is -2.56. The zero-order valence-electron chi connectivity index (χ0n) is 14.4. The molecule has 132 valence electrons. The summed E-state index contributed by atoms with van der Waals surface area (Å²) >= 11 is 1.64. The van der Waals surface area contributed by atoms with E-state index in [4.69, 9.17) is 4.74 Å². The molecule has 2 nitrogen and oxygen atoms in total. The van der Waals surface area contributed by atoms with Gasteiger partial charge in [-0.1, -0.05) is 72.4 Å². The second kappa shape index (κ2) is 7.59. The molecule has 0 atom stereocenters. The Bertz CT molecular complexity index is 1070. The molecule has 27 heavy (non-hydrogen) atoms. The molecule has 0 aliphatic carbocycles. The lowest BCUT2D eigenvalue weighted by Crippen LogP contribution is -3.00. The van der Waals surface area contributed by atoms with E-state index in [1.807, 2.05) is 24.3 Å². The SMILES string of the molecule is C1=C(c2ccccc2)O/C(=C2\C(c3ccccc3)=[NH+]c3ccccc32)S1.[Br-]. The van der Waals surface area contributed by atoms with Gasteiger partial charge < -0.3 is 21.7 Å². The van der Waals surface area contributed by atoms with Crippen molar-refractivity contribution in [2.75, 3.05) is 0 Å². The molecular weight excluding hydrogens is 418 g/mol. The summed E-state index contributed by atoms with van der Waals surface area (Å²) < 4.78 is 6.28. The third kappa shape index (κ3) is 3.27. The Morgan fingerprint density at radius 2 is 1.33 bits per heavy atom. The molecule has 0 spiro atoms. The fourth-order valence-electron chi connectivity index (χ4n) is 3.27. The lowest BCUT2D eigenvalue weighted by atomic mass is 9.99. The van der Waals surface area contributed by atoms with Crippen LogP contribution in [0.1, 0.15) is 16.7 Å². The minimum Gasteiger partial charge on any atom is -1.00 e. The van der Waals surface area contributed by atoms with Gasteiger partial charge in [0.1, 0.15) is 11.3 Å². The van der Waals surface area contributed by atoms with Gasteiger partial charge in [-0.3, -0.25) is 0 Å². The monoisotopic (exact) mass is 433 g/mol. The predicted octanol–water partition coefficient (Wildman–Crippen LogP) is 1.34. The number of hydrogen-bond acceptors (Lipinski definition) is 2. The summed E-state index contributed by atoms with van der Waals surface area (Å²) in [5.74, 6) is 0.898. The summed E-state index contributed by atoms with van der Waals surface area (Å²) in [6, 6.07) is 29.0. The van der Waals surface area contributed by atoms with Crippen molar-refractivity contribution in [3.05, 3.63) is 112 Å². The van der Waals surface area contributed by atoms with Gasteiger partial charge in [0.25, 0.3) is 0 Å². The van der Waals surface area contributed by atoms with Gasteiger partial charge >= 0.3 is 0 Å². The molecule has 0 fully saturated rings. The highest BCUT2D eigenvalue weighted by atomic mass is 79.9. The molecule has 3 aromatic rings. The fraction of sp³-hybridized carbons (Fsp3) is 0. The molecule has 2 heterocycles. The first-order chi connectivity index (χ1) is 12.9. The van der Waals surface area contributed by atoms with E-state index in [0.717, 1.165) is 38.9 Å². The summed E-state index contributed by atoms with van der Waals surface area (Å²) in [7, 11) is 0. The summed E-state index contributed by atoms with van der Waals surface area (Å²) in [6.45, 7) is 0. The molecule has 0 amide bonds. The van der Waals surface area contributed by atoms with Crippen molar-refractivity contribution in [2.24, 2.45) is 0 Å². The van der Waals surface area contributed by atoms with Gasteiger partial charge in [-0.25, -0.2) is 4.99 Å². The first kappa shape index (κ1) is 17.8. The Labute approximate surface area is 173 Å².